The standard InChI is InChI=1S/C19H20FN5O3S/c1-2-10-29(26,27)25-13-5-3-4-12(15(13)20)16-17(14-8-9-22-19(21)23-14)28-18(24-16)11-6-7-11/h3-5,8-9,11,25H,2,6-7,10H2,1H3,(H2,21,22,23). The van der Waals surface area contributed by atoms with Gasteiger partial charge < -0.3 is 10.2 Å². The lowest BCUT2D eigenvalue weighted by molar-refractivity contribution is 0.508. The third kappa shape index (κ3) is 4.07. The van der Waals surface area contributed by atoms with E-state index in [-0.39, 0.29) is 40.3 Å². The fourth-order valence-electron chi connectivity index (χ4n) is 2.98. The summed E-state index contributed by atoms with van der Waals surface area (Å²) in [5.74, 6) is 0.191. The number of anilines is 2. The van der Waals surface area contributed by atoms with E-state index in [9.17, 15) is 8.42 Å². The Balaban J connectivity index is 1.81. The van der Waals surface area contributed by atoms with E-state index in [0.717, 1.165) is 12.8 Å². The largest absolute Gasteiger partial charge is 0.438 e. The van der Waals surface area contributed by atoms with E-state index in [1.165, 1.54) is 18.3 Å². The number of nitrogens with zero attached hydrogens (tertiary/aromatic N) is 3. The summed E-state index contributed by atoms with van der Waals surface area (Å²) in [7, 11) is -3.64. The molecule has 0 bridgehead atoms. The number of benzene rings is 1. The lowest BCUT2D eigenvalue weighted by Crippen LogP contribution is -2.17. The van der Waals surface area contributed by atoms with Gasteiger partial charge in [-0.25, -0.2) is 27.8 Å². The van der Waals surface area contributed by atoms with Crippen LogP contribution in [0.4, 0.5) is 16.0 Å². The molecule has 0 unspecified atom stereocenters. The van der Waals surface area contributed by atoms with Gasteiger partial charge in [0.05, 0.1) is 11.4 Å². The quantitative estimate of drug-likeness (QED) is 0.602. The van der Waals surface area contributed by atoms with Crippen LogP contribution < -0.4 is 10.5 Å². The zero-order chi connectivity index (χ0) is 20.6. The first-order valence-corrected chi connectivity index (χ1v) is 10.9. The van der Waals surface area contributed by atoms with Crippen molar-refractivity contribution in [1.82, 2.24) is 15.0 Å². The molecule has 0 amide bonds. The Morgan fingerprint density at radius 1 is 1.28 bits per heavy atom. The van der Waals surface area contributed by atoms with Crippen LogP contribution in [-0.2, 0) is 10.0 Å². The molecule has 3 N–H and O–H groups in total. The molecule has 1 aromatic carbocycles. The molecule has 0 saturated heterocycles. The van der Waals surface area contributed by atoms with Gasteiger partial charge in [-0.2, -0.15) is 0 Å². The summed E-state index contributed by atoms with van der Waals surface area (Å²) >= 11 is 0. The van der Waals surface area contributed by atoms with E-state index in [1.807, 2.05) is 0 Å². The summed E-state index contributed by atoms with van der Waals surface area (Å²) in [6, 6.07) is 6.06. The summed E-state index contributed by atoms with van der Waals surface area (Å²) in [6.45, 7) is 1.74. The molecule has 8 nitrogen and oxygen atoms in total. The molecule has 3 aromatic rings. The van der Waals surface area contributed by atoms with Crippen LogP contribution in [0.15, 0.2) is 34.9 Å². The minimum atomic E-state index is -3.64. The average molecular weight is 417 g/mol. The molecule has 4 rings (SSSR count). The number of nitrogens with one attached hydrogen (secondary N) is 1. The highest BCUT2D eigenvalue weighted by molar-refractivity contribution is 7.92. The Morgan fingerprint density at radius 2 is 2.07 bits per heavy atom. The van der Waals surface area contributed by atoms with Gasteiger partial charge in [-0.15, -0.1) is 0 Å². The van der Waals surface area contributed by atoms with Gasteiger partial charge in [-0.3, -0.25) is 4.72 Å². The second-order valence-electron chi connectivity index (χ2n) is 6.89. The predicted octanol–water partition coefficient (Wildman–Crippen LogP) is 3.55. The smallest absolute Gasteiger partial charge is 0.232 e. The van der Waals surface area contributed by atoms with E-state index < -0.39 is 15.8 Å². The van der Waals surface area contributed by atoms with Crippen LogP contribution in [0.2, 0.25) is 0 Å². The molecule has 1 aliphatic rings. The molecule has 152 valence electrons. The van der Waals surface area contributed by atoms with E-state index >= 15 is 4.39 Å². The highest BCUT2D eigenvalue weighted by Crippen LogP contribution is 2.44. The normalized spacial score (nSPS) is 14.1. The molecule has 1 aliphatic carbocycles. The number of hydrogen-bond donors (Lipinski definition) is 2. The van der Waals surface area contributed by atoms with Crippen molar-refractivity contribution in [1.29, 1.82) is 0 Å². The molecule has 1 fully saturated rings. The van der Waals surface area contributed by atoms with Gasteiger partial charge in [0.25, 0.3) is 0 Å². The first-order valence-electron chi connectivity index (χ1n) is 9.27. The fourth-order valence-corrected chi connectivity index (χ4v) is 4.11. The highest BCUT2D eigenvalue weighted by atomic mass is 32.2. The summed E-state index contributed by atoms with van der Waals surface area (Å²) in [6.07, 6.45) is 3.80. The summed E-state index contributed by atoms with van der Waals surface area (Å²) in [4.78, 5) is 12.5. The van der Waals surface area contributed by atoms with E-state index in [2.05, 4.69) is 19.7 Å². The number of oxazole rings is 1. The van der Waals surface area contributed by atoms with E-state index in [4.69, 9.17) is 10.2 Å². The average Bonchev–Trinajstić information content (AvgIpc) is 3.42. The zero-order valence-corrected chi connectivity index (χ0v) is 16.5. The summed E-state index contributed by atoms with van der Waals surface area (Å²) in [5, 5.41) is 0. The molecular formula is C19H20FN5O3S. The van der Waals surface area contributed by atoms with Crippen LogP contribution in [0, 0.1) is 5.82 Å². The topological polar surface area (TPSA) is 124 Å². The van der Waals surface area contributed by atoms with Gasteiger partial charge >= 0.3 is 0 Å². The minimum absolute atomic E-state index is 0.0550. The number of nitrogens with two attached hydrogens (primary N) is 1. The molecule has 10 heteroatoms. The van der Waals surface area contributed by atoms with Gasteiger partial charge in [0.2, 0.25) is 16.0 Å². The number of halogens is 1. The molecule has 0 aliphatic heterocycles. The second-order valence-corrected chi connectivity index (χ2v) is 8.73. The fraction of sp³-hybridized carbons (Fsp3) is 0.316. The van der Waals surface area contributed by atoms with Crippen molar-refractivity contribution in [3.8, 4) is 22.7 Å². The first kappa shape index (κ1) is 19.3. The molecule has 2 aromatic heterocycles. The number of sulfonamides is 1. The maximum absolute atomic E-state index is 15.3. The third-order valence-electron chi connectivity index (χ3n) is 4.47. The van der Waals surface area contributed by atoms with Crippen molar-refractivity contribution in [2.24, 2.45) is 0 Å². The van der Waals surface area contributed by atoms with Gasteiger partial charge in [0.1, 0.15) is 11.4 Å². The molecule has 2 heterocycles. The van der Waals surface area contributed by atoms with Crippen molar-refractivity contribution in [3.63, 3.8) is 0 Å². The molecule has 1 saturated carbocycles. The Morgan fingerprint density at radius 3 is 2.76 bits per heavy atom. The van der Waals surface area contributed by atoms with Gasteiger partial charge in [-0.05, 0) is 37.5 Å². The van der Waals surface area contributed by atoms with Crippen LogP contribution in [0.3, 0.4) is 0 Å². The lowest BCUT2D eigenvalue weighted by Gasteiger charge is -2.10. The van der Waals surface area contributed by atoms with Crippen LogP contribution in [0.25, 0.3) is 22.7 Å². The van der Waals surface area contributed by atoms with E-state index in [1.54, 1.807) is 19.1 Å². The van der Waals surface area contributed by atoms with Crippen LogP contribution >= 0.6 is 0 Å². The van der Waals surface area contributed by atoms with Crippen LogP contribution in [0.1, 0.15) is 38.0 Å². The number of hydrogen-bond acceptors (Lipinski definition) is 7. The zero-order valence-electron chi connectivity index (χ0n) is 15.7. The number of aromatic nitrogens is 3. The van der Waals surface area contributed by atoms with Crippen molar-refractivity contribution in [3.05, 3.63) is 42.2 Å². The Labute approximate surface area is 167 Å². The van der Waals surface area contributed by atoms with Crippen molar-refractivity contribution < 1.29 is 17.2 Å². The minimum Gasteiger partial charge on any atom is -0.438 e. The van der Waals surface area contributed by atoms with Crippen molar-refractivity contribution in [2.75, 3.05) is 16.2 Å². The maximum atomic E-state index is 15.3. The van der Waals surface area contributed by atoms with Gasteiger partial charge in [-0.1, -0.05) is 13.0 Å². The monoisotopic (exact) mass is 417 g/mol. The second kappa shape index (κ2) is 7.43. The maximum Gasteiger partial charge on any atom is 0.232 e. The molecule has 0 spiro atoms. The predicted molar refractivity (Wildman–Crippen MR) is 107 cm³/mol. The van der Waals surface area contributed by atoms with Crippen LogP contribution in [-0.4, -0.2) is 29.1 Å². The van der Waals surface area contributed by atoms with Gasteiger partial charge in [0.15, 0.2) is 17.5 Å². The Hall–Kier alpha value is -3.01. The molecular weight excluding hydrogens is 397 g/mol. The number of nitrogen functional groups attached to an aromatic ring is 1. The molecule has 0 atom stereocenters. The van der Waals surface area contributed by atoms with E-state index in [0.29, 0.717) is 18.0 Å². The van der Waals surface area contributed by atoms with Crippen molar-refractivity contribution >= 4 is 21.7 Å². The Kier molecular flexibility index (Phi) is 4.95. The highest BCUT2D eigenvalue weighted by Gasteiger charge is 2.32. The third-order valence-corrected chi connectivity index (χ3v) is 5.95. The molecule has 0 radical (unpaired) electrons. The van der Waals surface area contributed by atoms with Crippen molar-refractivity contribution in [2.45, 2.75) is 32.1 Å². The molecule has 29 heavy (non-hydrogen) atoms. The van der Waals surface area contributed by atoms with Crippen LogP contribution in [0.5, 0.6) is 0 Å². The summed E-state index contributed by atoms with van der Waals surface area (Å²) in [5.41, 5.74) is 6.28. The summed E-state index contributed by atoms with van der Waals surface area (Å²) < 4.78 is 47.6. The lowest BCUT2D eigenvalue weighted by atomic mass is 10.1. The SMILES string of the molecule is CCCS(=O)(=O)Nc1cccc(-c2nc(C3CC3)oc2-c2ccnc(N)n2)c1F. The number of rotatable bonds is 7. The van der Waals surface area contributed by atoms with Gasteiger partial charge in [0, 0.05) is 17.7 Å². The first-order chi connectivity index (χ1) is 13.9. The Bertz CT molecular complexity index is 1160.